The van der Waals surface area contributed by atoms with Crippen LogP contribution in [-0.4, -0.2) is 52.9 Å². The Morgan fingerprint density at radius 2 is 2.08 bits per heavy atom. The number of rotatable bonds is 2. The molecule has 0 aromatic carbocycles. The van der Waals surface area contributed by atoms with Crippen LogP contribution in [0, 0.1) is 0 Å². The minimum atomic E-state index is -0.810. The number of hydrogen-bond donors (Lipinski definition) is 3. The van der Waals surface area contributed by atoms with Crippen molar-refractivity contribution < 1.29 is 15.0 Å². The van der Waals surface area contributed by atoms with Gasteiger partial charge < -0.3 is 20.8 Å². The van der Waals surface area contributed by atoms with E-state index in [1.54, 1.807) is 4.90 Å². The van der Waals surface area contributed by atoms with E-state index in [-0.39, 0.29) is 18.6 Å². The number of carbonyl (C=O) groups is 1. The molecule has 0 bridgehead atoms. The first-order chi connectivity index (χ1) is 6.15. The Balaban J connectivity index is 2.40. The van der Waals surface area contributed by atoms with E-state index in [0.29, 0.717) is 25.9 Å². The number of nitrogens with two attached hydrogens (primary N) is 1. The molecule has 1 aliphatic rings. The van der Waals surface area contributed by atoms with E-state index in [4.69, 9.17) is 10.8 Å². The molecule has 0 saturated carbocycles. The Kier molecular flexibility index (Phi) is 3.65. The summed E-state index contributed by atoms with van der Waals surface area (Å²) in [7, 11) is 0. The van der Waals surface area contributed by atoms with Crippen molar-refractivity contribution in [1.29, 1.82) is 0 Å². The lowest BCUT2D eigenvalue weighted by atomic mass is 10.1. The standard InChI is InChI=1S/C8H16N2O3/c9-7(5-11)8(13)10-3-1-6(12)2-4-10/h6-7,11-12H,1-5,9H2. The number of likely N-dealkylation sites (tertiary alicyclic amines) is 1. The largest absolute Gasteiger partial charge is 0.394 e. The predicted octanol–water partition coefficient (Wildman–Crippen LogP) is -1.71. The number of hydrogen-bond acceptors (Lipinski definition) is 4. The molecule has 1 unspecified atom stereocenters. The SMILES string of the molecule is NC(CO)C(=O)N1CCC(O)CC1. The number of carbonyl (C=O) groups excluding carboxylic acids is 1. The van der Waals surface area contributed by atoms with Gasteiger partial charge in [0.15, 0.2) is 0 Å². The molecular weight excluding hydrogens is 172 g/mol. The van der Waals surface area contributed by atoms with Crippen molar-refractivity contribution >= 4 is 5.91 Å². The topological polar surface area (TPSA) is 86.8 Å². The molecule has 1 atom stereocenters. The number of aliphatic hydroxyl groups excluding tert-OH is 2. The van der Waals surface area contributed by atoms with E-state index in [1.165, 1.54) is 0 Å². The maximum Gasteiger partial charge on any atom is 0.241 e. The van der Waals surface area contributed by atoms with E-state index < -0.39 is 6.04 Å². The molecule has 5 nitrogen and oxygen atoms in total. The Morgan fingerprint density at radius 3 is 2.54 bits per heavy atom. The minimum Gasteiger partial charge on any atom is -0.394 e. The second kappa shape index (κ2) is 4.55. The zero-order valence-corrected chi connectivity index (χ0v) is 7.52. The van der Waals surface area contributed by atoms with E-state index >= 15 is 0 Å². The van der Waals surface area contributed by atoms with Crippen LogP contribution in [0.15, 0.2) is 0 Å². The molecule has 0 aliphatic carbocycles. The lowest BCUT2D eigenvalue weighted by Gasteiger charge is -2.31. The van der Waals surface area contributed by atoms with Gasteiger partial charge in [-0.05, 0) is 12.8 Å². The minimum absolute atomic E-state index is 0.227. The van der Waals surface area contributed by atoms with Gasteiger partial charge in [-0.2, -0.15) is 0 Å². The zero-order valence-electron chi connectivity index (χ0n) is 7.52. The molecule has 1 saturated heterocycles. The second-order valence-corrected chi connectivity index (χ2v) is 3.35. The Bertz CT molecular complexity index is 178. The molecule has 13 heavy (non-hydrogen) atoms. The van der Waals surface area contributed by atoms with E-state index in [0.717, 1.165) is 0 Å². The summed E-state index contributed by atoms with van der Waals surface area (Å²) in [5.74, 6) is -0.227. The highest BCUT2D eigenvalue weighted by Gasteiger charge is 2.24. The Morgan fingerprint density at radius 1 is 1.54 bits per heavy atom. The second-order valence-electron chi connectivity index (χ2n) is 3.35. The van der Waals surface area contributed by atoms with E-state index in [9.17, 15) is 9.90 Å². The van der Waals surface area contributed by atoms with Crippen molar-refractivity contribution in [3.05, 3.63) is 0 Å². The van der Waals surface area contributed by atoms with Gasteiger partial charge in [0, 0.05) is 13.1 Å². The summed E-state index contributed by atoms with van der Waals surface area (Å²) in [6.07, 6.45) is 0.905. The molecule has 0 spiro atoms. The maximum absolute atomic E-state index is 11.4. The van der Waals surface area contributed by atoms with Gasteiger partial charge >= 0.3 is 0 Å². The van der Waals surface area contributed by atoms with Crippen LogP contribution >= 0.6 is 0 Å². The normalized spacial score (nSPS) is 21.6. The molecular formula is C8H16N2O3. The van der Waals surface area contributed by atoms with Gasteiger partial charge in [-0.15, -0.1) is 0 Å². The predicted molar refractivity (Wildman–Crippen MR) is 46.9 cm³/mol. The number of piperidine rings is 1. The highest BCUT2D eigenvalue weighted by molar-refractivity contribution is 5.81. The third-order valence-electron chi connectivity index (χ3n) is 2.29. The van der Waals surface area contributed by atoms with Crippen molar-refractivity contribution in [3.8, 4) is 0 Å². The monoisotopic (exact) mass is 188 g/mol. The molecule has 5 heteroatoms. The van der Waals surface area contributed by atoms with Crippen molar-refractivity contribution in [2.75, 3.05) is 19.7 Å². The molecule has 76 valence electrons. The molecule has 1 rings (SSSR count). The zero-order chi connectivity index (χ0) is 9.84. The molecule has 0 radical (unpaired) electrons. The quantitative estimate of drug-likeness (QED) is 0.481. The lowest BCUT2D eigenvalue weighted by Crippen LogP contribution is -2.49. The van der Waals surface area contributed by atoms with Gasteiger partial charge in [-0.3, -0.25) is 4.79 Å². The van der Waals surface area contributed by atoms with Gasteiger partial charge in [0.25, 0.3) is 0 Å². The van der Waals surface area contributed by atoms with Crippen LogP contribution in [0.3, 0.4) is 0 Å². The van der Waals surface area contributed by atoms with Crippen LogP contribution in [0.2, 0.25) is 0 Å². The molecule has 1 amide bonds. The van der Waals surface area contributed by atoms with Gasteiger partial charge in [0.05, 0.1) is 12.7 Å². The van der Waals surface area contributed by atoms with Crippen LogP contribution in [0.4, 0.5) is 0 Å². The summed E-state index contributed by atoms with van der Waals surface area (Å²) >= 11 is 0. The van der Waals surface area contributed by atoms with Crippen LogP contribution in [0.25, 0.3) is 0 Å². The molecule has 4 N–H and O–H groups in total. The maximum atomic E-state index is 11.4. The smallest absolute Gasteiger partial charge is 0.241 e. The molecule has 0 aromatic heterocycles. The molecule has 1 fully saturated rings. The molecule has 1 heterocycles. The van der Waals surface area contributed by atoms with Crippen LogP contribution < -0.4 is 5.73 Å². The highest BCUT2D eigenvalue weighted by Crippen LogP contribution is 2.10. The van der Waals surface area contributed by atoms with Crippen LogP contribution in [-0.2, 0) is 4.79 Å². The summed E-state index contributed by atoms with van der Waals surface area (Å²) in [4.78, 5) is 13.0. The first kappa shape index (κ1) is 10.4. The van der Waals surface area contributed by atoms with Gasteiger partial charge in [0.2, 0.25) is 5.91 Å². The Hall–Kier alpha value is -0.650. The van der Waals surface area contributed by atoms with Crippen molar-refractivity contribution in [3.63, 3.8) is 0 Å². The summed E-state index contributed by atoms with van der Waals surface area (Å²) in [6, 6.07) is -0.810. The number of aliphatic hydroxyl groups is 2. The third-order valence-corrected chi connectivity index (χ3v) is 2.29. The fraction of sp³-hybridized carbons (Fsp3) is 0.875. The highest BCUT2D eigenvalue weighted by atomic mass is 16.3. The van der Waals surface area contributed by atoms with Gasteiger partial charge in [-0.1, -0.05) is 0 Å². The van der Waals surface area contributed by atoms with Crippen molar-refractivity contribution in [2.45, 2.75) is 25.0 Å². The fourth-order valence-corrected chi connectivity index (χ4v) is 1.40. The Labute approximate surface area is 77.1 Å². The first-order valence-electron chi connectivity index (χ1n) is 4.48. The van der Waals surface area contributed by atoms with E-state index in [2.05, 4.69) is 0 Å². The summed E-state index contributed by atoms with van der Waals surface area (Å²) in [5.41, 5.74) is 5.38. The first-order valence-corrected chi connectivity index (χ1v) is 4.48. The average Bonchev–Trinajstić information content (AvgIpc) is 2.17. The summed E-state index contributed by atoms with van der Waals surface area (Å²) < 4.78 is 0. The molecule has 1 aliphatic heterocycles. The summed E-state index contributed by atoms with van der Waals surface area (Å²) in [6.45, 7) is 0.749. The third kappa shape index (κ3) is 2.65. The molecule has 0 aromatic rings. The van der Waals surface area contributed by atoms with Crippen LogP contribution in [0.1, 0.15) is 12.8 Å². The van der Waals surface area contributed by atoms with Crippen LogP contribution in [0.5, 0.6) is 0 Å². The summed E-state index contributed by atoms with van der Waals surface area (Å²) in [5, 5.41) is 17.9. The number of amides is 1. The van der Waals surface area contributed by atoms with E-state index in [1.807, 2.05) is 0 Å². The van der Waals surface area contributed by atoms with Crippen molar-refractivity contribution in [2.24, 2.45) is 5.73 Å². The van der Waals surface area contributed by atoms with Crippen molar-refractivity contribution in [1.82, 2.24) is 4.90 Å². The lowest BCUT2D eigenvalue weighted by molar-refractivity contribution is -0.135. The number of nitrogens with zero attached hydrogens (tertiary/aromatic N) is 1. The average molecular weight is 188 g/mol. The van der Waals surface area contributed by atoms with Gasteiger partial charge in [-0.25, -0.2) is 0 Å². The van der Waals surface area contributed by atoms with Gasteiger partial charge in [0.1, 0.15) is 6.04 Å². The fourth-order valence-electron chi connectivity index (χ4n) is 1.40.